The largest absolute Gasteiger partial charge is 0.352 e. The summed E-state index contributed by atoms with van der Waals surface area (Å²) < 4.78 is 0. The number of nitrogens with one attached hydrogen (secondary N) is 1. The first-order valence-electron chi connectivity index (χ1n) is 5.77. The first-order chi connectivity index (χ1) is 6.91. The molecule has 1 N–H and O–H groups in total. The fourth-order valence-corrected chi connectivity index (χ4v) is 3.73. The van der Waals surface area contributed by atoms with Crippen LogP contribution in [0, 0.1) is 16.7 Å². The van der Waals surface area contributed by atoms with Gasteiger partial charge in [-0.05, 0) is 36.0 Å². The minimum absolute atomic E-state index is 0.0220. The quantitative estimate of drug-likeness (QED) is 0.725. The molecule has 3 atom stereocenters. The standard InChI is InChI=1S/C12H20ClNO/c1-11(2)8-4-5-12(11,3)9(6-8)14-10(15)7-13/h8-9H,4-7H2,1-3H3,(H,14,15)/t8-,9+,12-/m0/s1. The molecule has 2 nitrogen and oxygen atoms in total. The molecular weight excluding hydrogens is 210 g/mol. The number of fused-ring (bicyclic) bond motifs is 2. The van der Waals surface area contributed by atoms with Crippen molar-refractivity contribution in [1.82, 2.24) is 5.32 Å². The predicted octanol–water partition coefficient (Wildman–Crippen LogP) is 2.56. The Morgan fingerprint density at radius 1 is 1.47 bits per heavy atom. The Balaban J connectivity index is 2.15. The maximum Gasteiger partial charge on any atom is 0.235 e. The van der Waals surface area contributed by atoms with E-state index >= 15 is 0 Å². The Morgan fingerprint density at radius 2 is 2.13 bits per heavy atom. The molecule has 0 heterocycles. The van der Waals surface area contributed by atoms with Crippen LogP contribution in [0.1, 0.15) is 40.0 Å². The maximum atomic E-state index is 11.4. The molecule has 2 aliphatic rings. The number of carbonyl (C=O) groups is 1. The Bertz CT molecular complexity index is 289. The Kier molecular flexibility index (Phi) is 2.53. The van der Waals surface area contributed by atoms with Crippen molar-refractivity contribution in [3.8, 4) is 0 Å². The zero-order valence-corrected chi connectivity index (χ0v) is 10.5. The number of alkyl halides is 1. The molecule has 0 spiro atoms. The lowest BCUT2D eigenvalue weighted by molar-refractivity contribution is -0.120. The second kappa shape index (κ2) is 3.38. The molecule has 2 rings (SSSR count). The lowest BCUT2D eigenvalue weighted by Gasteiger charge is -2.39. The lowest BCUT2D eigenvalue weighted by Crippen LogP contribution is -2.47. The summed E-state index contributed by atoms with van der Waals surface area (Å²) in [6.07, 6.45) is 3.68. The summed E-state index contributed by atoms with van der Waals surface area (Å²) in [6, 6.07) is 0.331. The van der Waals surface area contributed by atoms with E-state index in [0.717, 1.165) is 12.3 Å². The Labute approximate surface area is 96.8 Å². The van der Waals surface area contributed by atoms with Crippen LogP contribution in [0.4, 0.5) is 0 Å². The van der Waals surface area contributed by atoms with Crippen LogP contribution in [0.15, 0.2) is 0 Å². The average molecular weight is 230 g/mol. The summed E-state index contributed by atoms with van der Waals surface area (Å²) in [5, 5.41) is 3.09. The number of halogens is 1. The van der Waals surface area contributed by atoms with Crippen LogP contribution in [0.5, 0.6) is 0 Å². The molecule has 0 unspecified atom stereocenters. The van der Waals surface area contributed by atoms with Crippen LogP contribution < -0.4 is 5.32 Å². The van der Waals surface area contributed by atoms with Gasteiger partial charge in [0.05, 0.1) is 0 Å². The molecule has 0 aliphatic heterocycles. The molecule has 2 bridgehead atoms. The topological polar surface area (TPSA) is 29.1 Å². The van der Waals surface area contributed by atoms with Crippen molar-refractivity contribution in [3.63, 3.8) is 0 Å². The van der Waals surface area contributed by atoms with Crippen molar-refractivity contribution < 1.29 is 4.79 Å². The second-order valence-corrected chi connectivity index (χ2v) is 6.13. The van der Waals surface area contributed by atoms with Gasteiger partial charge in [-0.3, -0.25) is 4.79 Å². The molecule has 2 saturated carbocycles. The molecule has 86 valence electrons. The molecule has 2 fully saturated rings. The second-order valence-electron chi connectivity index (χ2n) is 5.86. The SMILES string of the molecule is CC1(C)[C@H]2CC[C@@]1(C)[C@H](NC(=O)CCl)C2. The van der Waals surface area contributed by atoms with E-state index in [-0.39, 0.29) is 17.2 Å². The number of rotatable bonds is 2. The van der Waals surface area contributed by atoms with Crippen molar-refractivity contribution >= 4 is 17.5 Å². The minimum Gasteiger partial charge on any atom is -0.352 e. The highest BCUT2D eigenvalue weighted by Crippen LogP contribution is 2.65. The number of hydrogen-bond acceptors (Lipinski definition) is 1. The van der Waals surface area contributed by atoms with E-state index in [1.807, 2.05) is 0 Å². The van der Waals surface area contributed by atoms with E-state index in [9.17, 15) is 4.79 Å². The highest BCUT2D eigenvalue weighted by atomic mass is 35.5. The van der Waals surface area contributed by atoms with Gasteiger partial charge in [0, 0.05) is 6.04 Å². The van der Waals surface area contributed by atoms with Gasteiger partial charge in [0.15, 0.2) is 0 Å². The van der Waals surface area contributed by atoms with Crippen LogP contribution in [-0.4, -0.2) is 17.8 Å². The number of carbonyl (C=O) groups excluding carboxylic acids is 1. The summed E-state index contributed by atoms with van der Waals surface area (Å²) in [5.41, 5.74) is 0.622. The molecule has 0 radical (unpaired) electrons. The minimum atomic E-state index is -0.0220. The van der Waals surface area contributed by atoms with Gasteiger partial charge in [0.25, 0.3) is 0 Å². The third-order valence-corrected chi connectivity index (χ3v) is 5.49. The molecule has 3 heteroatoms. The van der Waals surface area contributed by atoms with Gasteiger partial charge in [0.2, 0.25) is 5.91 Å². The first-order valence-corrected chi connectivity index (χ1v) is 6.30. The highest BCUT2D eigenvalue weighted by Gasteiger charge is 2.61. The van der Waals surface area contributed by atoms with Crippen LogP contribution in [0.2, 0.25) is 0 Å². The molecule has 0 aromatic carbocycles. The Hall–Kier alpha value is -0.240. The zero-order valence-electron chi connectivity index (χ0n) is 9.77. The van der Waals surface area contributed by atoms with E-state index in [1.165, 1.54) is 12.8 Å². The molecule has 1 amide bonds. The lowest BCUT2D eigenvalue weighted by atomic mass is 9.69. The van der Waals surface area contributed by atoms with Gasteiger partial charge < -0.3 is 5.32 Å². The van der Waals surface area contributed by atoms with Crippen molar-refractivity contribution in [1.29, 1.82) is 0 Å². The normalized spacial score (nSPS) is 41.9. The van der Waals surface area contributed by atoms with E-state index in [2.05, 4.69) is 26.1 Å². The zero-order chi connectivity index (χ0) is 11.3. The van der Waals surface area contributed by atoms with E-state index in [0.29, 0.717) is 11.5 Å². The summed E-state index contributed by atoms with van der Waals surface area (Å²) in [7, 11) is 0. The highest BCUT2D eigenvalue weighted by molar-refractivity contribution is 6.27. The summed E-state index contributed by atoms with van der Waals surface area (Å²) in [6.45, 7) is 7.01. The first kappa shape index (κ1) is 11.3. The van der Waals surface area contributed by atoms with Crippen molar-refractivity contribution in [2.45, 2.75) is 46.1 Å². The number of hydrogen-bond donors (Lipinski definition) is 1. The Morgan fingerprint density at radius 3 is 2.53 bits per heavy atom. The monoisotopic (exact) mass is 229 g/mol. The number of amides is 1. The van der Waals surface area contributed by atoms with Gasteiger partial charge in [-0.15, -0.1) is 11.6 Å². The third kappa shape index (κ3) is 1.41. The maximum absolute atomic E-state index is 11.4. The fourth-order valence-electron chi connectivity index (χ4n) is 3.65. The average Bonchev–Trinajstić information content (AvgIpc) is 2.50. The van der Waals surface area contributed by atoms with Gasteiger partial charge in [-0.25, -0.2) is 0 Å². The van der Waals surface area contributed by atoms with Gasteiger partial charge in [0.1, 0.15) is 5.88 Å². The van der Waals surface area contributed by atoms with Gasteiger partial charge >= 0.3 is 0 Å². The molecule has 2 aliphatic carbocycles. The smallest absolute Gasteiger partial charge is 0.235 e. The fraction of sp³-hybridized carbons (Fsp3) is 0.917. The summed E-state index contributed by atoms with van der Waals surface area (Å²) in [4.78, 5) is 11.4. The van der Waals surface area contributed by atoms with E-state index in [1.54, 1.807) is 0 Å². The van der Waals surface area contributed by atoms with Crippen LogP contribution in [0.25, 0.3) is 0 Å². The molecule has 0 saturated heterocycles. The summed E-state index contributed by atoms with van der Waals surface area (Å²) in [5.74, 6) is 0.826. The van der Waals surface area contributed by atoms with E-state index in [4.69, 9.17) is 11.6 Å². The van der Waals surface area contributed by atoms with Crippen LogP contribution in [0.3, 0.4) is 0 Å². The molecule has 15 heavy (non-hydrogen) atoms. The van der Waals surface area contributed by atoms with Crippen LogP contribution >= 0.6 is 11.6 Å². The summed E-state index contributed by atoms with van der Waals surface area (Å²) >= 11 is 5.54. The van der Waals surface area contributed by atoms with Crippen LogP contribution in [-0.2, 0) is 4.79 Å². The molecular formula is C12H20ClNO. The predicted molar refractivity (Wildman–Crippen MR) is 61.9 cm³/mol. The van der Waals surface area contributed by atoms with E-state index < -0.39 is 0 Å². The molecule has 0 aromatic heterocycles. The van der Waals surface area contributed by atoms with Crippen molar-refractivity contribution in [3.05, 3.63) is 0 Å². The third-order valence-electron chi connectivity index (χ3n) is 5.25. The molecule has 0 aromatic rings. The van der Waals surface area contributed by atoms with Crippen molar-refractivity contribution in [2.75, 3.05) is 5.88 Å². The van der Waals surface area contributed by atoms with Gasteiger partial charge in [-0.1, -0.05) is 20.8 Å². The van der Waals surface area contributed by atoms with Crippen molar-refractivity contribution in [2.24, 2.45) is 16.7 Å². The van der Waals surface area contributed by atoms with Gasteiger partial charge in [-0.2, -0.15) is 0 Å².